The lowest BCUT2D eigenvalue weighted by Crippen LogP contribution is -2.43. The highest BCUT2D eigenvalue weighted by Crippen LogP contribution is 2.11. The minimum Gasteiger partial charge on any atom is -0.452 e. The van der Waals surface area contributed by atoms with Gasteiger partial charge in [-0.3, -0.25) is 30.6 Å². The van der Waals surface area contributed by atoms with E-state index in [4.69, 9.17) is 10.00 Å². The Hall–Kier alpha value is -4.26. The fourth-order valence-corrected chi connectivity index (χ4v) is 1.86. The number of non-ortho nitro benzene ring substituents is 1. The normalized spacial score (nSPS) is 9.59. The standard InChI is InChI=1S/C17H12N4O6/c18-9-11-1-3-13(4-2-11)17(24)27-10-15(22)19-20-16(23)12-5-7-14(8-6-12)21(25)26/h1-8H,10H2,(H,19,22)(H,20,23). The maximum atomic E-state index is 11.8. The highest BCUT2D eigenvalue weighted by molar-refractivity contribution is 5.96. The minimum absolute atomic E-state index is 0.0930. The molecule has 0 aliphatic rings. The number of hydrogen-bond acceptors (Lipinski definition) is 7. The van der Waals surface area contributed by atoms with Crippen LogP contribution >= 0.6 is 0 Å². The average molecular weight is 368 g/mol. The number of benzene rings is 2. The van der Waals surface area contributed by atoms with Gasteiger partial charge in [0.2, 0.25) is 0 Å². The zero-order valence-corrected chi connectivity index (χ0v) is 13.7. The largest absolute Gasteiger partial charge is 0.452 e. The predicted octanol–water partition coefficient (Wildman–Crippen LogP) is 1.08. The van der Waals surface area contributed by atoms with Crippen LogP contribution in [0.5, 0.6) is 0 Å². The Morgan fingerprint density at radius 1 is 1.00 bits per heavy atom. The quantitative estimate of drug-likeness (QED) is 0.455. The molecule has 2 rings (SSSR count). The molecule has 0 fully saturated rings. The van der Waals surface area contributed by atoms with Crippen molar-refractivity contribution in [1.29, 1.82) is 5.26 Å². The molecule has 0 saturated carbocycles. The van der Waals surface area contributed by atoms with E-state index in [-0.39, 0.29) is 16.8 Å². The summed E-state index contributed by atoms with van der Waals surface area (Å²) >= 11 is 0. The summed E-state index contributed by atoms with van der Waals surface area (Å²) in [7, 11) is 0. The highest BCUT2D eigenvalue weighted by Gasteiger charge is 2.12. The Bertz CT molecular complexity index is 916. The van der Waals surface area contributed by atoms with Crippen LogP contribution < -0.4 is 10.9 Å². The first kappa shape index (κ1) is 19.1. The van der Waals surface area contributed by atoms with Crippen LogP contribution in [0, 0.1) is 21.4 Å². The van der Waals surface area contributed by atoms with Crippen LogP contribution in [0.4, 0.5) is 5.69 Å². The number of nitriles is 1. The fourth-order valence-electron chi connectivity index (χ4n) is 1.86. The molecule has 2 amide bonds. The van der Waals surface area contributed by atoms with Crippen LogP contribution in [0.2, 0.25) is 0 Å². The second kappa shape index (κ2) is 8.72. The topological polar surface area (TPSA) is 151 Å². The molecule has 10 nitrogen and oxygen atoms in total. The van der Waals surface area contributed by atoms with Crippen LogP contribution in [-0.4, -0.2) is 29.3 Å². The molecule has 0 aromatic heterocycles. The number of nitro groups is 1. The van der Waals surface area contributed by atoms with E-state index in [1.165, 1.54) is 36.4 Å². The van der Waals surface area contributed by atoms with Gasteiger partial charge in [-0.25, -0.2) is 4.79 Å². The third-order valence-corrected chi connectivity index (χ3v) is 3.24. The lowest BCUT2D eigenvalue weighted by Gasteiger charge is -2.08. The Morgan fingerprint density at radius 3 is 2.15 bits per heavy atom. The molecule has 0 aliphatic carbocycles. The molecule has 0 heterocycles. The van der Waals surface area contributed by atoms with Crippen molar-refractivity contribution in [2.24, 2.45) is 0 Å². The van der Waals surface area contributed by atoms with Crippen molar-refractivity contribution in [3.63, 3.8) is 0 Å². The van der Waals surface area contributed by atoms with Gasteiger partial charge in [0.15, 0.2) is 6.61 Å². The van der Waals surface area contributed by atoms with Crippen LogP contribution in [0.3, 0.4) is 0 Å². The summed E-state index contributed by atoms with van der Waals surface area (Å²) in [6, 6.07) is 12.3. The summed E-state index contributed by atoms with van der Waals surface area (Å²) in [4.78, 5) is 45.2. The molecule has 0 unspecified atom stereocenters. The number of nitrogens with zero attached hydrogens (tertiary/aromatic N) is 2. The molecule has 0 radical (unpaired) electrons. The lowest BCUT2D eigenvalue weighted by atomic mass is 10.1. The number of carbonyl (C=O) groups excluding carboxylic acids is 3. The summed E-state index contributed by atoms with van der Waals surface area (Å²) in [5, 5.41) is 19.2. The van der Waals surface area contributed by atoms with Gasteiger partial charge in [-0.15, -0.1) is 0 Å². The van der Waals surface area contributed by atoms with Crippen molar-refractivity contribution < 1.29 is 24.0 Å². The first-order chi connectivity index (χ1) is 12.9. The van der Waals surface area contributed by atoms with E-state index >= 15 is 0 Å². The van der Waals surface area contributed by atoms with E-state index in [2.05, 4.69) is 10.9 Å². The minimum atomic E-state index is -0.785. The number of carbonyl (C=O) groups is 3. The average Bonchev–Trinajstić information content (AvgIpc) is 2.70. The van der Waals surface area contributed by atoms with E-state index < -0.39 is 29.3 Å². The van der Waals surface area contributed by atoms with Crippen LogP contribution in [0.15, 0.2) is 48.5 Å². The molecule has 2 aromatic carbocycles. The molecule has 27 heavy (non-hydrogen) atoms. The molecular formula is C17H12N4O6. The van der Waals surface area contributed by atoms with Gasteiger partial charge in [0.25, 0.3) is 17.5 Å². The zero-order valence-electron chi connectivity index (χ0n) is 13.7. The molecule has 0 bridgehead atoms. The van der Waals surface area contributed by atoms with Crippen LogP contribution in [0.1, 0.15) is 26.3 Å². The summed E-state index contributed by atoms with van der Waals surface area (Å²) in [6.45, 7) is -0.640. The van der Waals surface area contributed by atoms with Crippen molar-refractivity contribution in [3.8, 4) is 6.07 Å². The molecule has 136 valence electrons. The van der Waals surface area contributed by atoms with E-state index in [0.717, 1.165) is 12.1 Å². The summed E-state index contributed by atoms with van der Waals surface area (Å²) in [6.07, 6.45) is 0. The number of rotatable bonds is 5. The van der Waals surface area contributed by atoms with Gasteiger partial charge < -0.3 is 4.74 Å². The zero-order chi connectivity index (χ0) is 19.8. The van der Waals surface area contributed by atoms with Crippen molar-refractivity contribution in [2.45, 2.75) is 0 Å². The van der Waals surface area contributed by atoms with Gasteiger partial charge in [-0.05, 0) is 36.4 Å². The summed E-state index contributed by atoms with van der Waals surface area (Å²) in [5.74, 6) is -2.25. The molecule has 0 atom stereocenters. The molecule has 0 saturated heterocycles. The third-order valence-electron chi connectivity index (χ3n) is 3.24. The lowest BCUT2D eigenvalue weighted by molar-refractivity contribution is -0.384. The number of esters is 1. The van der Waals surface area contributed by atoms with Crippen LogP contribution in [-0.2, 0) is 9.53 Å². The van der Waals surface area contributed by atoms with Crippen molar-refractivity contribution in [3.05, 3.63) is 75.3 Å². The number of nitrogens with one attached hydrogen (secondary N) is 2. The van der Waals surface area contributed by atoms with Gasteiger partial charge in [0.1, 0.15) is 0 Å². The number of amides is 2. The van der Waals surface area contributed by atoms with E-state index in [0.29, 0.717) is 5.56 Å². The van der Waals surface area contributed by atoms with Crippen molar-refractivity contribution >= 4 is 23.5 Å². The van der Waals surface area contributed by atoms with Crippen molar-refractivity contribution in [2.75, 3.05) is 6.61 Å². The molecule has 2 N–H and O–H groups in total. The smallest absolute Gasteiger partial charge is 0.338 e. The Balaban J connectivity index is 1.79. The number of ether oxygens (including phenoxy) is 1. The maximum Gasteiger partial charge on any atom is 0.338 e. The van der Waals surface area contributed by atoms with Crippen molar-refractivity contribution in [1.82, 2.24) is 10.9 Å². The van der Waals surface area contributed by atoms with Gasteiger partial charge in [-0.2, -0.15) is 5.26 Å². The second-order valence-electron chi connectivity index (χ2n) is 5.07. The number of hydrogen-bond donors (Lipinski definition) is 2. The number of nitro benzene ring substituents is 1. The van der Waals surface area contributed by atoms with Gasteiger partial charge >= 0.3 is 5.97 Å². The Morgan fingerprint density at radius 2 is 1.59 bits per heavy atom. The SMILES string of the molecule is N#Cc1ccc(C(=O)OCC(=O)NNC(=O)c2ccc([N+](=O)[O-])cc2)cc1. The van der Waals surface area contributed by atoms with E-state index in [9.17, 15) is 24.5 Å². The molecule has 2 aromatic rings. The van der Waals surface area contributed by atoms with Crippen LogP contribution in [0.25, 0.3) is 0 Å². The monoisotopic (exact) mass is 368 g/mol. The summed E-state index contributed by atoms with van der Waals surface area (Å²) in [5.41, 5.74) is 4.60. The Kier molecular flexibility index (Phi) is 6.16. The van der Waals surface area contributed by atoms with Gasteiger partial charge in [0.05, 0.1) is 22.1 Å². The summed E-state index contributed by atoms with van der Waals surface area (Å²) < 4.78 is 4.78. The number of hydrazine groups is 1. The van der Waals surface area contributed by atoms with Gasteiger partial charge in [-0.1, -0.05) is 0 Å². The van der Waals surface area contributed by atoms with E-state index in [1.807, 2.05) is 6.07 Å². The van der Waals surface area contributed by atoms with Gasteiger partial charge in [0, 0.05) is 17.7 Å². The maximum absolute atomic E-state index is 11.8. The first-order valence-corrected chi connectivity index (χ1v) is 7.41. The fraction of sp³-hybridized carbons (Fsp3) is 0.0588. The molecule has 0 aliphatic heterocycles. The first-order valence-electron chi connectivity index (χ1n) is 7.41. The highest BCUT2D eigenvalue weighted by atomic mass is 16.6. The second-order valence-corrected chi connectivity index (χ2v) is 5.07. The van der Waals surface area contributed by atoms with E-state index in [1.54, 1.807) is 0 Å². The third kappa shape index (κ3) is 5.36. The molecular weight excluding hydrogens is 356 g/mol. The molecule has 10 heteroatoms. The Labute approximate surface area is 152 Å². The molecule has 0 spiro atoms. The predicted molar refractivity (Wildman–Crippen MR) is 90.1 cm³/mol.